The van der Waals surface area contributed by atoms with E-state index >= 15 is 0 Å². The topological polar surface area (TPSA) is 57.5 Å². The van der Waals surface area contributed by atoms with Crippen molar-refractivity contribution in [3.05, 3.63) is 63.0 Å². The van der Waals surface area contributed by atoms with Gasteiger partial charge < -0.3 is 10.4 Å². The number of halogens is 2. The Labute approximate surface area is 158 Å². The van der Waals surface area contributed by atoms with Gasteiger partial charge in [0.2, 0.25) is 5.88 Å². The minimum atomic E-state index is -0.0454. The molecule has 0 spiro atoms. The molecule has 4 rings (SSSR count). The van der Waals surface area contributed by atoms with Crippen LogP contribution in [0.4, 0.5) is 16.5 Å². The third-order valence-electron chi connectivity index (χ3n) is 3.67. The normalized spacial score (nSPS) is 14.1. The second-order valence-corrected chi connectivity index (χ2v) is 7.12. The zero-order chi connectivity index (χ0) is 17.4. The standard InChI is InChI=1S/C18H11Cl2N3OS/c19-12-5-3-7-14(16(12)20)22-18-23-17(24)15(25-18)8-10-9-21-13-6-2-1-4-11(10)13/h1-9,24H,(H,22,23). The van der Waals surface area contributed by atoms with Gasteiger partial charge in [-0.05, 0) is 24.3 Å². The van der Waals surface area contributed by atoms with Crippen molar-refractivity contribution in [1.29, 1.82) is 0 Å². The number of para-hydroxylation sites is 1. The number of aromatic hydroxyl groups is 1. The molecular formula is C18H11Cl2N3OS. The molecule has 1 aromatic heterocycles. The van der Waals surface area contributed by atoms with Gasteiger partial charge in [-0.3, -0.25) is 4.99 Å². The summed E-state index contributed by atoms with van der Waals surface area (Å²) in [5.74, 6) is -0.0454. The third-order valence-corrected chi connectivity index (χ3v) is 5.40. The van der Waals surface area contributed by atoms with Gasteiger partial charge in [-0.15, -0.1) is 0 Å². The van der Waals surface area contributed by atoms with E-state index < -0.39 is 0 Å². The molecule has 124 valence electrons. The smallest absolute Gasteiger partial charge is 0.231 e. The summed E-state index contributed by atoms with van der Waals surface area (Å²) in [5, 5.41) is 14.6. The Morgan fingerprint density at radius 1 is 1.08 bits per heavy atom. The Balaban J connectivity index is 1.65. The molecule has 0 fully saturated rings. The maximum atomic E-state index is 10.2. The van der Waals surface area contributed by atoms with E-state index in [4.69, 9.17) is 23.2 Å². The molecule has 0 saturated carbocycles. The van der Waals surface area contributed by atoms with Crippen LogP contribution in [-0.2, 0) is 0 Å². The number of benzene rings is 2. The molecule has 0 amide bonds. The first-order valence-corrected chi connectivity index (χ1v) is 8.95. The molecular weight excluding hydrogens is 377 g/mol. The monoisotopic (exact) mass is 387 g/mol. The molecule has 3 aromatic rings. The summed E-state index contributed by atoms with van der Waals surface area (Å²) >= 11 is 13.5. The van der Waals surface area contributed by atoms with Crippen LogP contribution in [0.5, 0.6) is 5.88 Å². The third kappa shape index (κ3) is 3.14. The van der Waals surface area contributed by atoms with Crippen molar-refractivity contribution >= 4 is 68.9 Å². The number of hydrogen-bond donors (Lipinski definition) is 2. The number of aliphatic imine (C=N–C) groups is 1. The van der Waals surface area contributed by atoms with E-state index in [-0.39, 0.29) is 5.88 Å². The van der Waals surface area contributed by atoms with E-state index in [2.05, 4.69) is 15.3 Å². The molecule has 0 saturated heterocycles. The zero-order valence-corrected chi connectivity index (χ0v) is 15.0. The van der Waals surface area contributed by atoms with Gasteiger partial charge in [-0.25, -0.2) is 0 Å². The van der Waals surface area contributed by atoms with Crippen molar-refractivity contribution in [3.63, 3.8) is 0 Å². The van der Waals surface area contributed by atoms with E-state index in [1.807, 2.05) is 30.3 Å². The molecule has 4 nitrogen and oxygen atoms in total. The molecule has 1 aliphatic rings. The van der Waals surface area contributed by atoms with Crippen molar-refractivity contribution < 1.29 is 5.11 Å². The summed E-state index contributed by atoms with van der Waals surface area (Å²) in [6, 6.07) is 13.1. The summed E-state index contributed by atoms with van der Waals surface area (Å²) in [5.41, 5.74) is 3.52. The molecule has 0 unspecified atom stereocenters. The van der Waals surface area contributed by atoms with Crippen LogP contribution in [0.25, 0.3) is 11.6 Å². The Morgan fingerprint density at radius 2 is 1.92 bits per heavy atom. The lowest BCUT2D eigenvalue weighted by Gasteiger charge is -2.05. The Hall–Kier alpha value is -2.34. The SMILES string of the molecule is Oc1nc(Nc2cccc(Cl)c2Cl)sc1C=C1C=Nc2ccccc21. The molecule has 2 heterocycles. The number of nitrogens with zero attached hydrogens (tertiary/aromatic N) is 2. The van der Waals surface area contributed by atoms with E-state index in [1.54, 1.807) is 24.4 Å². The molecule has 0 radical (unpaired) electrons. The Kier molecular flexibility index (Phi) is 4.21. The first kappa shape index (κ1) is 16.1. The highest BCUT2D eigenvalue weighted by Gasteiger charge is 2.15. The number of nitrogens with one attached hydrogen (secondary N) is 1. The zero-order valence-electron chi connectivity index (χ0n) is 12.7. The van der Waals surface area contributed by atoms with E-state index in [0.29, 0.717) is 25.7 Å². The number of fused-ring (bicyclic) bond motifs is 1. The van der Waals surface area contributed by atoms with Gasteiger partial charge in [0.05, 0.1) is 26.3 Å². The van der Waals surface area contributed by atoms with Crippen molar-refractivity contribution in [3.8, 4) is 5.88 Å². The molecule has 0 aliphatic carbocycles. The number of aromatic nitrogens is 1. The number of allylic oxidation sites excluding steroid dienone is 1. The molecule has 25 heavy (non-hydrogen) atoms. The number of anilines is 2. The maximum Gasteiger partial charge on any atom is 0.231 e. The lowest BCUT2D eigenvalue weighted by molar-refractivity contribution is 0.457. The largest absolute Gasteiger partial charge is 0.492 e. The second kappa shape index (κ2) is 6.52. The van der Waals surface area contributed by atoms with Crippen LogP contribution < -0.4 is 5.32 Å². The van der Waals surface area contributed by atoms with Crippen LogP contribution in [-0.4, -0.2) is 16.3 Å². The summed E-state index contributed by atoms with van der Waals surface area (Å²) in [6.07, 6.45) is 3.65. The van der Waals surface area contributed by atoms with Crippen LogP contribution in [0.2, 0.25) is 10.0 Å². The minimum absolute atomic E-state index is 0.0454. The quantitative estimate of drug-likeness (QED) is 0.565. The van der Waals surface area contributed by atoms with Crippen molar-refractivity contribution in [1.82, 2.24) is 4.98 Å². The fourth-order valence-electron chi connectivity index (χ4n) is 2.48. The summed E-state index contributed by atoms with van der Waals surface area (Å²) in [7, 11) is 0. The summed E-state index contributed by atoms with van der Waals surface area (Å²) in [6.45, 7) is 0. The van der Waals surface area contributed by atoms with Gasteiger partial charge in [0.25, 0.3) is 0 Å². The van der Waals surface area contributed by atoms with E-state index in [0.717, 1.165) is 16.8 Å². The number of hydrogen-bond acceptors (Lipinski definition) is 5. The summed E-state index contributed by atoms with van der Waals surface area (Å²) < 4.78 is 0. The Bertz CT molecular complexity index is 1030. The molecule has 0 atom stereocenters. The molecule has 1 aliphatic heterocycles. The maximum absolute atomic E-state index is 10.2. The van der Waals surface area contributed by atoms with Gasteiger partial charge in [0.15, 0.2) is 5.13 Å². The van der Waals surface area contributed by atoms with Gasteiger partial charge in [0.1, 0.15) is 0 Å². The van der Waals surface area contributed by atoms with Crippen LogP contribution in [0, 0.1) is 0 Å². The first-order chi connectivity index (χ1) is 12.1. The molecule has 2 aromatic carbocycles. The van der Waals surface area contributed by atoms with Gasteiger partial charge in [-0.1, -0.05) is 58.8 Å². The first-order valence-electron chi connectivity index (χ1n) is 7.38. The van der Waals surface area contributed by atoms with Crippen LogP contribution in [0.3, 0.4) is 0 Å². The lowest BCUT2D eigenvalue weighted by Crippen LogP contribution is -1.90. The highest BCUT2D eigenvalue weighted by Crippen LogP contribution is 2.38. The number of rotatable bonds is 3. The van der Waals surface area contributed by atoms with Crippen molar-refractivity contribution in [2.24, 2.45) is 4.99 Å². The lowest BCUT2D eigenvalue weighted by atomic mass is 10.1. The minimum Gasteiger partial charge on any atom is -0.492 e. The predicted molar refractivity (Wildman–Crippen MR) is 106 cm³/mol. The fraction of sp³-hybridized carbons (Fsp3) is 0. The van der Waals surface area contributed by atoms with E-state index in [9.17, 15) is 5.11 Å². The predicted octanol–water partition coefficient (Wildman–Crippen LogP) is 6.16. The van der Waals surface area contributed by atoms with Crippen LogP contribution in [0.15, 0.2) is 47.5 Å². The highest BCUT2D eigenvalue weighted by atomic mass is 35.5. The van der Waals surface area contributed by atoms with Gasteiger partial charge in [-0.2, -0.15) is 4.98 Å². The van der Waals surface area contributed by atoms with E-state index in [1.165, 1.54) is 11.3 Å². The van der Waals surface area contributed by atoms with Crippen molar-refractivity contribution in [2.45, 2.75) is 0 Å². The number of thiazole rings is 1. The van der Waals surface area contributed by atoms with Gasteiger partial charge in [0, 0.05) is 17.4 Å². The van der Waals surface area contributed by atoms with Gasteiger partial charge >= 0.3 is 0 Å². The second-order valence-electron chi connectivity index (χ2n) is 5.31. The summed E-state index contributed by atoms with van der Waals surface area (Å²) in [4.78, 5) is 9.15. The van der Waals surface area contributed by atoms with Crippen LogP contribution in [0.1, 0.15) is 10.4 Å². The fourth-order valence-corrected chi connectivity index (χ4v) is 3.65. The molecule has 0 bridgehead atoms. The van der Waals surface area contributed by atoms with Crippen LogP contribution >= 0.6 is 34.5 Å². The highest BCUT2D eigenvalue weighted by molar-refractivity contribution is 7.16. The Morgan fingerprint density at radius 3 is 2.80 bits per heavy atom. The average molecular weight is 388 g/mol. The van der Waals surface area contributed by atoms with Crippen molar-refractivity contribution in [2.75, 3.05) is 5.32 Å². The molecule has 7 heteroatoms. The molecule has 2 N–H and O–H groups in total. The average Bonchev–Trinajstić information content (AvgIpc) is 3.16.